The van der Waals surface area contributed by atoms with Crippen molar-refractivity contribution in [3.8, 4) is 11.8 Å². The predicted molar refractivity (Wildman–Crippen MR) is 63.5 cm³/mol. The first-order valence-corrected chi connectivity index (χ1v) is 7.27. The molecule has 1 aromatic rings. The van der Waals surface area contributed by atoms with E-state index < -0.39 is 26.3 Å². The number of hydrogen-bond acceptors (Lipinski definition) is 4. The van der Waals surface area contributed by atoms with Crippen LogP contribution in [0.3, 0.4) is 0 Å². The lowest BCUT2D eigenvalue weighted by atomic mass is 10.2. The highest BCUT2D eigenvalue weighted by atomic mass is 127. The average molecular weight is 394 g/mol. The fourth-order valence-electron chi connectivity index (χ4n) is 0.996. The average Bonchev–Trinajstić information content (AvgIpc) is 2.14. The van der Waals surface area contributed by atoms with Gasteiger partial charge in [-0.05, 0) is 28.7 Å². The number of nitriles is 1. The van der Waals surface area contributed by atoms with Crippen LogP contribution in [0, 0.1) is 14.9 Å². The second-order valence-electron chi connectivity index (χ2n) is 2.71. The van der Waals surface area contributed by atoms with Crippen molar-refractivity contribution < 1.29 is 21.9 Å². The summed E-state index contributed by atoms with van der Waals surface area (Å²) in [6, 6.07) is 3.53. The summed E-state index contributed by atoms with van der Waals surface area (Å²) < 4.78 is 50.5. The Morgan fingerprint density at radius 2 is 2.06 bits per heavy atom. The molecule has 0 amide bonds. The Hall–Kier alpha value is -0.660. The van der Waals surface area contributed by atoms with Crippen LogP contribution in [0.5, 0.6) is 5.75 Å². The third-order valence-corrected chi connectivity index (χ3v) is 3.82. The molecule has 0 aliphatic rings. The Labute approximate surface area is 114 Å². The van der Waals surface area contributed by atoms with Crippen LogP contribution >= 0.6 is 33.3 Å². The van der Waals surface area contributed by atoms with Crippen LogP contribution in [0.1, 0.15) is 5.56 Å². The first-order valence-electron chi connectivity index (χ1n) is 3.89. The number of rotatable bonds is 3. The van der Waals surface area contributed by atoms with E-state index in [-0.39, 0.29) is 9.13 Å². The van der Waals surface area contributed by atoms with Gasteiger partial charge in [0.05, 0.1) is 4.90 Å². The monoisotopic (exact) mass is 393 g/mol. The first-order chi connectivity index (χ1) is 7.75. The van der Waals surface area contributed by atoms with E-state index in [0.29, 0.717) is 0 Å². The molecule has 1 rings (SSSR count). The van der Waals surface area contributed by atoms with Crippen LogP contribution < -0.4 is 4.74 Å². The molecular weight excluding hydrogens is 391 g/mol. The van der Waals surface area contributed by atoms with Crippen molar-refractivity contribution in [1.82, 2.24) is 0 Å². The van der Waals surface area contributed by atoms with Crippen LogP contribution in [-0.2, 0) is 9.05 Å². The van der Waals surface area contributed by atoms with Gasteiger partial charge in [-0.3, -0.25) is 0 Å². The molecule has 4 nitrogen and oxygen atoms in total. The molecule has 0 heterocycles. The summed E-state index contributed by atoms with van der Waals surface area (Å²) in [6.45, 7) is -3.16. The zero-order valence-corrected chi connectivity index (χ0v) is 11.6. The Kier molecular flexibility index (Phi) is 4.51. The van der Waals surface area contributed by atoms with Gasteiger partial charge in [0.25, 0.3) is 9.05 Å². The molecule has 9 heteroatoms. The van der Waals surface area contributed by atoms with E-state index in [9.17, 15) is 17.2 Å². The van der Waals surface area contributed by atoms with Gasteiger partial charge in [0.2, 0.25) is 0 Å². The lowest BCUT2D eigenvalue weighted by Gasteiger charge is -2.09. The largest absolute Gasteiger partial charge is 0.433 e. The molecule has 0 spiro atoms. The van der Waals surface area contributed by atoms with Gasteiger partial charge in [-0.25, -0.2) is 8.42 Å². The van der Waals surface area contributed by atoms with Gasteiger partial charge >= 0.3 is 6.61 Å². The number of hydrogen-bond donors (Lipinski definition) is 0. The molecule has 17 heavy (non-hydrogen) atoms. The van der Waals surface area contributed by atoms with Crippen molar-refractivity contribution in [2.24, 2.45) is 0 Å². The Morgan fingerprint density at radius 3 is 2.47 bits per heavy atom. The summed E-state index contributed by atoms with van der Waals surface area (Å²) in [5, 5.41) is 8.74. The minimum atomic E-state index is -4.08. The molecule has 1 aromatic carbocycles. The number of benzene rings is 1. The van der Waals surface area contributed by atoms with Crippen molar-refractivity contribution >= 4 is 42.3 Å². The maximum absolute atomic E-state index is 12.1. The van der Waals surface area contributed by atoms with Crippen LogP contribution in [0.15, 0.2) is 17.0 Å². The Bertz CT molecular complexity index is 585. The molecule has 0 atom stereocenters. The van der Waals surface area contributed by atoms with Crippen LogP contribution in [-0.4, -0.2) is 15.0 Å². The highest BCUT2D eigenvalue weighted by Crippen LogP contribution is 2.30. The molecule has 0 saturated carbocycles. The van der Waals surface area contributed by atoms with E-state index in [1.54, 1.807) is 28.7 Å². The molecular formula is C8H3ClF2INO3S. The number of ether oxygens (including phenoxy) is 1. The van der Waals surface area contributed by atoms with E-state index in [1.165, 1.54) is 0 Å². The lowest BCUT2D eigenvalue weighted by Crippen LogP contribution is -2.06. The SMILES string of the molecule is N#Cc1c(I)cc(S(=O)(=O)Cl)cc1OC(F)F. The van der Waals surface area contributed by atoms with E-state index in [4.69, 9.17) is 15.9 Å². The number of nitrogens with zero attached hydrogens (tertiary/aromatic N) is 1. The number of halogens is 4. The standard InChI is InChI=1S/C8H3ClF2INO3S/c9-17(14,15)4-1-6(12)5(3-13)7(2-4)16-8(10)11/h1-2,8H. The highest BCUT2D eigenvalue weighted by Gasteiger charge is 2.19. The zero-order valence-electron chi connectivity index (χ0n) is 7.82. The van der Waals surface area contributed by atoms with Crippen molar-refractivity contribution in [2.45, 2.75) is 11.5 Å². The first kappa shape index (κ1) is 14.4. The van der Waals surface area contributed by atoms with Gasteiger partial charge < -0.3 is 4.74 Å². The molecule has 0 unspecified atom stereocenters. The third-order valence-electron chi connectivity index (χ3n) is 1.64. The normalized spacial score (nSPS) is 11.3. The fraction of sp³-hybridized carbons (Fsp3) is 0.125. The highest BCUT2D eigenvalue weighted by molar-refractivity contribution is 14.1. The van der Waals surface area contributed by atoms with Crippen molar-refractivity contribution in [2.75, 3.05) is 0 Å². The van der Waals surface area contributed by atoms with Crippen LogP contribution in [0.4, 0.5) is 8.78 Å². The van der Waals surface area contributed by atoms with Gasteiger partial charge in [0.1, 0.15) is 17.4 Å². The smallest absolute Gasteiger partial charge is 0.387 e. The van der Waals surface area contributed by atoms with Gasteiger partial charge in [-0.15, -0.1) is 0 Å². The van der Waals surface area contributed by atoms with Gasteiger partial charge in [0, 0.05) is 20.3 Å². The predicted octanol–water partition coefficient (Wildman–Crippen LogP) is 2.69. The topological polar surface area (TPSA) is 67.2 Å². The van der Waals surface area contributed by atoms with E-state index in [0.717, 1.165) is 12.1 Å². The molecule has 0 N–H and O–H groups in total. The zero-order chi connectivity index (χ0) is 13.2. The summed E-state index contributed by atoms with van der Waals surface area (Å²) in [4.78, 5) is -0.404. The van der Waals surface area contributed by atoms with Crippen LogP contribution in [0.25, 0.3) is 0 Å². The second kappa shape index (κ2) is 5.32. The summed E-state index contributed by atoms with van der Waals surface area (Å²) in [7, 11) is 1.00. The molecule has 0 bridgehead atoms. The summed E-state index contributed by atoms with van der Waals surface area (Å²) in [6.07, 6.45) is 0. The molecule has 0 radical (unpaired) electrons. The molecule has 0 aliphatic carbocycles. The van der Waals surface area contributed by atoms with E-state index in [1.807, 2.05) is 0 Å². The molecule has 0 fully saturated rings. The summed E-state index contributed by atoms with van der Waals surface area (Å²) in [5.41, 5.74) is -0.171. The number of alkyl halides is 2. The summed E-state index contributed by atoms with van der Waals surface area (Å²) >= 11 is 1.63. The Balaban J connectivity index is 3.46. The molecule has 0 aliphatic heterocycles. The Morgan fingerprint density at radius 1 is 1.47 bits per heavy atom. The summed E-state index contributed by atoms with van der Waals surface area (Å²) in [5.74, 6) is -0.520. The van der Waals surface area contributed by atoms with Crippen molar-refractivity contribution in [1.29, 1.82) is 5.26 Å². The molecule has 92 valence electrons. The third kappa shape index (κ3) is 3.65. The maximum atomic E-state index is 12.1. The van der Waals surface area contributed by atoms with Gasteiger partial charge in [-0.1, -0.05) is 0 Å². The van der Waals surface area contributed by atoms with Crippen molar-refractivity contribution in [3.63, 3.8) is 0 Å². The lowest BCUT2D eigenvalue weighted by molar-refractivity contribution is -0.0502. The quantitative estimate of drug-likeness (QED) is 0.585. The van der Waals surface area contributed by atoms with E-state index >= 15 is 0 Å². The fourth-order valence-corrected chi connectivity index (χ4v) is 2.70. The van der Waals surface area contributed by atoms with Crippen molar-refractivity contribution in [3.05, 3.63) is 21.3 Å². The minimum absolute atomic E-state index is 0.155. The van der Waals surface area contributed by atoms with Gasteiger partial charge in [-0.2, -0.15) is 14.0 Å². The van der Waals surface area contributed by atoms with Gasteiger partial charge in [0.15, 0.2) is 0 Å². The van der Waals surface area contributed by atoms with Crippen LogP contribution in [0.2, 0.25) is 0 Å². The molecule has 0 saturated heterocycles. The maximum Gasteiger partial charge on any atom is 0.387 e. The van der Waals surface area contributed by atoms with E-state index in [2.05, 4.69) is 4.74 Å². The molecule has 0 aromatic heterocycles. The minimum Gasteiger partial charge on any atom is -0.433 e. The second-order valence-corrected chi connectivity index (χ2v) is 6.43.